The van der Waals surface area contributed by atoms with E-state index in [4.69, 9.17) is 5.73 Å². The number of hydrogen-bond acceptors (Lipinski definition) is 4. The van der Waals surface area contributed by atoms with E-state index in [9.17, 15) is 8.42 Å². The highest BCUT2D eigenvalue weighted by atomic mass is 32.2. The minimum absolute atomic E-state index is 0.0183. The number of rotatable bonds is 5. The minimum Gasteiger partial charge on any atom is -0.398 e. The summed E-state index contributed by atoms with van der Waals surface area (Å²) in [6.45, 7) is 2.32. The number of benzene rings is 1. The van der Waals surface area contributed by atoms with Crippen molar-refractivity contribution in [3.63, 3.8) is 0 Å². The number of anilines is 1. The molecule has 1 aromatic heterocycles. The Morgan fingerprint density at radius 1 is 1.25 bits per heavy atom. The molecule has 0 aliphatic rings. The fourth-order valence-electron chi connectivity index (χ4n) is 1.90. The molecule has 0 saturated heterocycles. The molecule has 0 amide bonds. The molecular formula is C14H17N3O2S. The van der Waals surface area contributed by atoms with Crippen molar-refractivity contribution in [2.75, 3.05) is 12.3 Å². The van der Waals surface area contributed by atoms with Gasteiger partial charge in [0.2, 0.25) is 10.0 Å². The van der Waals surface area contributed by atoms with Crippen molar-refractivity contribution in [2.45, 2.75) is 18.2 Å². The summed E-state index contributed by atoms with van der Waals surface area (Å²) in [6.07, 6.45) is 3.35. The van der Waals surface area contributed by atoms with E-state index in [1.807, 2.05) is 31.2 Å². The van der Waals surface area contributed by atoms with Gasteiger partial charge in [0.1, 0.15) is 4.90 Å². The molecule has 0 atom stereocenters. The predicted octanol–water partition coefficient (Wildman–Crippen LogP) is 1.49. The van der Waals surface area contributed by atoms with Crippen molar-refractivity contribution in [1.82, 2.24) is 9.71 Å². The Morgan fingerprint density at radius 3 is 2.70 bits per heavy atom. The van der Waals surface area contributed by atoms with E-state index in [1.54, 1.807) is 0 Å². The average molecular weight is 291 g/mol. The molecule has 0 fully saturated rings. The summed E-state index contributed by atoms with van der Waals surface area (Å²) in [4.78, 5) is 3.81. The molecule has 1 aromatic carbocycles. The van der Waals surface area contributed by atoms with Gasteiger partial charge in [-0.25, -0.2) is 13.1 Å². The van der Waals surface area contributed by atoms with Crippen LogP contribution in [0.25, 0.3) is 0 Å². The number of aryl methyl sites for hydroxylation is 1. The molecule has 2 rings (SSSR count). The predicted molar refractivity (Wildman–Crippen MR) is 78.7 cm³/mol. The van der Waals surface area contributed by atoms with Crippen LogP contribution in [0.5, 0.6) is 0 Å². The summed E-state index contributed by atoms with van der Waals surface area (Å²) < 4.78 is 26.7. The van der Waals surface area contributed by atoms with Crippen LogP contribution in [0.1, 0.15) is 11.1 Å². The van der Waals surface area contributed by atoms with Gasteiger partial charge in [-0.05, 0) is 30.5 Å². The maximum Gasteiger partial charge on any atom is 0.244 e. The quantitative estimate of drug-likeness (QED) is 0.874. The second kappa shape index (κ2) is 6.02. The third-order valence-electron chi connectivity index (χ3n) is 3.05. The molecule has 0 bridgehead atoms. The summed E-state index contributed by atoms with van der Waals surface area (Å²) in [5, 5.41) is 0. The molecule has 20 heavy (non-hydrogen) atoms. The van der Waals surface area contributed by atoms with E-state index >= 15 is 0 Å². The molecule has 0 aliphatic heterocycles. The lowest BCUT2D eigenvalue weighted by molar-refractivity contribution is 0.581. The van der Waals surface area contributed by atoms with Crippen molar-refractivity contribution in [3.8, 4) is 0 Å². The third kappa shape index (κ3) is 3.34. The van der Waals surface area contributed by atoms with Crippen molar-refractivity contribution in [3.05, 3.63) is 53.9 Å². The molecule has 5 nitrogen and oxygen atoms in total. The smallest absolute Gasteiger partial charge is 0.244 e. The van der Waals surface area contributed by atoms with Gasteiger partial charge < -0.3 is 5.73 Å². The number of aromatic nitrogens is 1. The molecule has 6 heteroatoms. The highest BCUT2D eigenvalue weighted by Crippen LogP contribution is 2.15. The van der Waals surface area contributed by atoms with Crippen molar-refractivity contribution >= 4 is 15.7 Å². The first-order valence-electron chi connectivity index (χ1n) is 6.24. The maximum absolute atomic E-state index is 12.1. The number of nitrogens with zero attached hydrogens (tertiary/aromatic N) is 1. The van der Waals surface area contributed by atoms with Crippen molar-refractivity contribution < 1.29 is 8.42 Å². The Bertz CT molecular complexity index is 699. The van der Waals surface area contributed by atoms with Crippen LogP contribution in [0.3, 0.4) is 0 Å². The Kier molecular flexibility index (Phi) is 4.36. The first-order valence-corrected chi connectivity index (χ1v) is 7.72. The van der Waals surface area contributed by atoms with E-state index in [-0.39, 0.29) is 10.6 Å². The standard InChI is InChI=1S/C14H17N3O2S/c1-11-4-2-3-5-12(11)6-9-17-20(18,19)14-10-16-8-7-13(14)15/h2-5,7-8,10,17H,6,9H2,1H3,(H2,15,16). The highest BCUT2D eigenvalue weighted by molar-refractivity contribution is 7.89. The molecule has 2 aromatic rings. The maximum atomic E-state index is 12.1. The van der Waals surface area contributed by atoms with E-state index in [1.165, 1.54) is 18.5 Å². The zero-order chi connectivity index (χ0) is 14.6. The fourth-order valence-corrected chi connectivity index (χ4v) is 3.01. The molecule has 1 heterocycles. The van der Waals surface area contributed by atoms with Gasteiger partial charge in [-0.2, -0.15) is 0 Å². The van der Waals surface area contributed by atoms with E-state index in [2.05, 4.69) is 9.71 Å². The Hall–Kier alpha value is -1.92. The first-order chi connectivity index (χ1) is 9.50. The van der Waals surface area contributed by atoms with Crippen LogP contribution in [-0.2, 0) is 16.4 Å². The van der Waals surface area contributed by atoms with Gasteiger partial charge in [0.05, 0.1) is 5.69 Å². The summed E-state index contributed by atoms with van der Waals surface area (Å²) >= 11 is 0. The molecule has 0 unspecified atom stereocenters. The van der Waals surface area contributed by atoms with Gasteiger partial charge in [-0.15, -0.1) is 0 Å². The van der Waals surface area contributed by atoms with Gasteiger partial charge in [0, 0.05) is 18.9 Å². The number of pyridine rings is 1. The van der Waals surface area contributed by atoms with Gasteiger partial charge >= 0.3 is 0 Å². The summed E-state index contributed by atoms with van der Waals surface area (Å²) in [7, 11) is -3.61. The Labute approximate surface area is 118 Å². The second-order valence-electron chi connectivity index (χ2n) is 4.49. The van der Waals surface area contributed by atoms with E-state index < -0.39 is 10.0 Å². The number of hydrogen-bond donors (Lipinski definition) is 2. The number of nitrogens with one attached hydrogen (secondary N) is 1. The van der Waals surface area contributed by atoms with Crippen LogP contribution >= 0.6 is 0 Å². The van der Waals surface area contributed by atoms with Gasteiger partial charge in [0.15, 0.2) is 0 Å². The largest absolute Gasteiger partial charge is 0.398 e. The molecule has 0 aliphatic carbocycles. The zero-order valence-electron chi connectivity index (χ0n) is 11.2. The highest BCUT2D eigenvalue weighted by Gasteiger charge is 2.16. The molecule has 106 valence electrons. The summed E-state index contributed by atoms with van der Waals surface area (Å²) in [6, 6.07) is 9.36. The van der Waals surface area contributed by atoms with Crippen LogP contribution in [0.4, 0.5) is 5.69 Å². The van der Waals surface area contributed by atoms with E-state index in [0.29, 0.717) is 13.0 Å². The Balaban J connectivity index is 2.04. The SMILES string of the molecule is Cc1ccccc1CCNS(=O)(=O)c1cnccc1N. The average Bonchev–Trinajstić information content (AvgIpc) is 2.41. The molecule has 0 spiro atoms. The second-order valence-corrected chi connectivity index (χ2v) is 6.22. The normalized spacial score (nSPS) is 11.4. The third-order valence-corrected chi connectivity index (χ3v) is 4.56. The van der Waals surface area contributed by atoms with Crippen LogP contribution in [0.15, 0.2) is 47.6 Å². The van der Waals surface area contributed by atoms with Crippen LogP contribution in [0.2, 0.25) is 0 Å². The van der Waals surface area contributed by atoms with Gasteiger partial charge in [0.25, 0.3) is 0 Å². The number of nitrogens with two attached hydrogens (primary N) is 1. The first kappa shape index (κ1) is 14.5. The van der Waals surface area contributed by atoms with E-state index in [0.717, 1.165) is 11.1 Å². The lowest BCUT2D eigenvalue weighted by Crippen LogP contribution is -2.27. The topological polar surface area (TPSA) is 85.1 Å². The minimum atomic E-state index is -3.61. The van der Waals surface area contributed by atoms with Crippen LogP contribution in [-0.4, -0.2) is 19.9 Å². The van der Waals surface area contributed by atoms with Gasteiger partial charge in [-0.3, -0.25) is 4.98 Å². The molecule has 3 N–H and O–H groups in total. The lowest BCUT2D eigenvalue weighted by Gasteiger charge is -2.09. The molecule has 0 radical (unpaired) electrons. The fraction of sp³-hybridized carbons (Fsp3) is 0.214. The lowest BCUT2D eigenvalue weighted by atomic mass is 10.1. The zero-order valence-corrected chi connectivity index (χ0v) is 12.0. The van der Waals surface area contributed by atoms with Crippen molar-refractivity contribution in [2.24, 2.45) is 0 Å². The van der Waals surface area contributed by atoms with Crippen LogP contribution in [0, 0.1) is 6.92 Å². The van der Waals surface area contributed by atoms with Crippen LogP contribution < -0.4 is 10.5 Å². The van der Waals surface area contributed by atoms with Crippen molar-refractivity contribution in [1.29, 1.82) is 0 Å². The molecular weight excluding hydrogens is 274 g/mol. The Morgan fingerprint density at radius 2 is 2.00 bits per heavy atom. The number of nitrogen functional groups attached to an aromatic ring is 1. The monoisotopic (exact) mass is 291 g/mol. The summed E-state index contributed by atoms with van der Waals surface area (Å²) in [5.41, 5.74) is 8.12. The number of sulfonamides is 1. The van der Waals surface area contributed by atoms with Gasteiger partial charge in [-0.1, -0.05) is 24.3 Å². The molecule has 0 saturated carbocycles. The summed E-state index contributed by atoms with van der Waals surface area (Å²) in [5.74, 6) is 0.